The third kappa shape index (κ3) is 4.20. The van der Waals surface area contributed by atoms with Crippen LogP contribution >= 0.6 is 11.3 Å². The van der Waals surface area contributed by atoms with Crippen LogP contribution in [-0.4, -0.2) is 40.6 Å². The lowest BCUT2D eigenvalue weighted by molar-refractivity contribution is -0.123. The lowest BCUT2D eigenvalue weighted by Gasteiger charge is -2.28. The van der Waals surface area contributed by atoms with Crippen molar-refractivity contribution in [3.05, 3.63) is 50.9 Å². The molecule has 8 nitrogen and oxygen atoms in total. The molecule has 34 heavy (non-hydrogen) atoms. The van der Waals surface area contributed by atoms with Gasteiger partial charge in [-0.1, -0.05) is 0 Å². The second-order valence-corrected chi connectivity index (χ2v) is 9.96. The summed E-state index contributed by atoms with van der Waals surface area (Å²) in [5.41, 5.74) is 2.25. The quantitative estimate of drug-likeness (QED) is 0.557. The number of aromatic nitrogens is 2. The number of nitrogens with zero attached hydrogens (tertiary/aromatic N) is 3. The van der Waals surface area contributed by atoms with E-state index in [-0.39, 0.29) is 5.56 Å². The van der Waals surface area contributed by atoms with Crippen LogP contribution in [0.25, 0.3) is 10.2 Å². The van der Waals surface area contributed by atoms with Crippen LogP contribution in [0.3, 0.4) is 0 Å². The zero-order chi connectivity index (χ0) is 23.8. The first kappa shape index (κ1) is 22.6. The summed E-state index contributed by atoms with van der Waals surface area (Å²) in [6, 6.07) is 7.73. The summed E-state index contributed by atoms with van der Waals surface area (Å²) < 4.78 is 7.14. The fourth-order valence-corrected chi connectivity index (χ4v) is 5.76. The van der Waals surface area contributed by atoms with Crippen LogP contribution < -0.4 is 15.8 Å². The zero-order valence-electron chi connectivity index (χ0n) is 19.4. The number of anilines is 2. The summed E-state index contributed by atoms with van der Waals surface area (Å²) in [6.45, 7) is 6.04. The van der Waals surface area contributed by atoms with Crippen molar-refractivity contribution in [1.29, 1.82) is 0 Å². The number of esters is 1. The second-order valence-electron chi connectivity index (χ2n) is 8.96. The number of benzene rings is 1. The monoisotopic (exact) mass is 480 g/mol. The molecule has 2 aliphatic heterocycles. The summed E-state index contributed by atoms with van der Waals surface area (Å²) in [4.78, 5) is 46.1. The number of ether oxygens (including phenoxy) is 1. The maximum Gasteiger partial charge on any atom is 0.349 e. The van der Waals surface area contributed by atoms with Crippen LogP contribution in [-0.2, 0) is 22.5 Å². The van der Waals surface area contributed by atoms with Gasteiger partial charge in [0.2, 0.25) is 0 Å². The molecule has 1 N–H and O–H groups in total. The highest BCUT2D eigenvalue weighted by Crippen LogP contribution is 2.29. The molecular formula is C25H28N4O4S. The summed E-state index contributed by atoms with van der Waals surface area (Å²) >= 11 is 1.15. The number of amides is 1. The van der Waals surface area contributed by atoms with Gasteiger partial charge in [0.05, 0.1) is 5.39 Å². The fraction of sp³-hybridized carbons (Fsp3) is 0.440. The highest BCUT2D eigenvalue weighted by Gasteiger charge is 2.26. The predicted molar refractivity (Wildman–Crippen MR) is 133 cm³/mol. The molecule has 4 heterocycles. The summed E-state index contributed by atoms with van der Waals surface area (Å²) in [6.07, 6.45) is 4.36. The number of thiophene rings is 1. The smallest absolute Gasteiger partial charge is 0.349 e. The number of nitrogens with one attached hydrogen (secondary N) is 1. The standard InChI is InChI=1S/C25H28N4O4S/c1-15-20-23(27-19-7-6-14-29(19)24(20)31)34-21(15)25(32)33-16(2)22(30)26-17-8-10-18(11-9-17)28-12-4-3-5-13-28/h8-11,16H,3-7,12-14H2,1-2H3,(H,26,30)/t16-/m1/s1. The average Bonchev–Trinajstić information content (AvgIpc) is 3.45. The Balaban J connectivity index is 1.25. The molecule has 2 aromatic heterocycles. The Morgan fingerprint density at radius 3 is 2.56 bits per heavy atom. The second kappa shape index (κ2) is 9.21. The van der Waals surface area contributed by atoms with Crippen molar-refractivity contribution >= 4 is 44.8 Å². The Hall–Kier alpha value is -3.20. The van der Waals surface area contributed by atoms with Crippen molar-refractivity contribution in [3.63, 3.8) is 0 Å². The molecule has 1 aromatic carbocycles. The topological polar surface area (TPSA) is 93.5 Å². The van der Waals surface area contributed by atoms with E-state index in [1.807, 2.05) is 24.3 Å². The SMILES string of the molecule is Cc1c(C(=O)O[C@H](C)C(=O)Nc2ccc(N3CCCCC3)cc2)sc2nc3n(c(=O)c12)CCC3. The minimum atomic E-state index is -0.988. The van der Waals surface area contributed by atoms with Crippen molar-refractivity contribution < 1.29 is 14.3 Å². The van der Waals surface area contributed by atoms with E-state index >= 15 is 0 Å². The van der Waals surface area contributed by atoms with Crippen LogP contribution in [0.4, 0.5) is 11.4 Å². The van der Waals surface area contributed by atoms with E-state index in [4.69, 9.17) is 4.74 Å². The molecule has 178 valence electrons. The van der Waals surface area contributed by atoms with Gasteiger partial charge in [-0.3, -0.25) is 14.2 Å². The van der Waals surface area contributed by atoms with Crippen molar-refractivity contribution in [2.24, 2.45) is 0 Å². The van der Waals surface area contributed by atoms with Crippen LogP contribution in [0.5, 0.6) is 0 Å². The Bertz CT molecular complexity index is 1310. The summed E-state index contributed by atoms with van der Waals surface area (Å²) in [5, 5.41) is 3.28. The first-order valence-electron chi connectivity index (χ1n) is 11.8. The number of carbonyl (C=O) groups is 2. The highest BCUT2D eigenvalue weighted by molar-refractivity contribution is 7.20. The van der Waals surface area contributed by atoms with Gasteiger partial charge in [0.25, 0.3) is 11.5 Å². The first-order valence-corrected chi connectivity index (χ1v) is 12.6. The lowest BCUT2D eigenvalue weighted by Crippen LogP contribution is -2.30. The maximum absolute atomic E-state index is 12.9. The molecule has 1 saturated heterocycles. The molecular weight excluding hydrogens is 452 g/mol. The van der Waals surface area contributed by atoms with Gasteiger partial charge >= 0.3 is 5.97 Å². The Morgan fingerprint density at radius 2 is 1.82 bits per heavy atom. The summed E-state index contributed by atoms with van der Waals surface area (Å²) in [5.74, 6) is -0.263. The molecule has 3 aromatic rings. The van der Waals surface area contributed by atoms with E-state index < -0.39 is 18.0 Å². The zero-order valence-corrected chi connectivity index (χ0v) is 20.2. The molecule has 1 amide bonds. The molecule has 0 aliphatic carbocycles. The molecule has 1 atom stereocenters. The minimum Gasteiger partial charge on any atom is -0.448 e. The number of fused-ring (bicyclic) bond motifs is 2. The van der Waals surface area contributed by atoms with Crippen molar-refractivity contribution in [3.8, 4) is 0 Å². The van der Waals surface area contributed by atoms with E-state index in [2.05, 4.69) is 15.2 Å². The van der Waals surface area contributed by atoms with Crippen molar-refractivity contribution in [2.45, 2.75) is 58.6 Å². The third-order valence-electron chi connectivity index (χ3n) is 6.61. The van der Waals surface area contributed by atoms with Crippen LogP contribution in [0.15, 0.2) is 29.1 Å². The van der Waals surface area contributed by atoms with Gasteiger partial charge in [-0.15, -0.1) is 11.3 Å². The number of aryl methyl sites for hydroxylation is 2. The Kier molecular flexibility index (Phi) is 6.12. The summed E-state index contributed by atoms with van der Waals surface area (Å²) in [7, 11) is 0. The Morgan fingerprint density at radius 1 is 1.09 bits per heavy atom. The Labute approximate surface area is 201 Å². The van der Waals surface area contributed by atoms with E-state index in [1.54, 1.807) is 18.4 Å². The van der Waals surface area contributed by atoms with Gasteiger partial charge in [0.1, 0.15) is 15.5 Å². The largest absolute Gasteiger partial charge is 0.448 e. The van der Waals surface area contributed by atoms with E-state index in [1.165, 1.54) is 19.3 Å². The van der Waals surface area contributed by atoms with E-state index in [9.17, 15) is 14.4 Å². The normalized spacial score (nSPS) is 16.4. The van der Waals surface area contributed by atoms with Gasteiger partial charge in [-0.2, -0.15) is 0 Å². The molecule has 1 fully saturated rings. The molecule has 0 radical (unpaired) electrons. The van der Waals surface area contributed by atoms with Crippen molar-refractivity contribution in [1.82, 2.24) is 9.55 Å². The molecule has 0 bridgehead atoms. The molecule has 2 aliphatic rings. The first-order chi connectivity index (χ1) is 16.4. The van der Waals surface area contributed by atoms with E-state index in [0.29, 0.717) is 32.9 Å². The maximum atomic E-state index is 12.9. The molecule has 5 rings (SSSR count). The fourth-order valence-electron chi connectivity index (χ4n) is 4.69. The molecule has 0 spiro atoms. The van der Waals surface area contributed by atoms with Gasteiger partial charge < -0.3 is 15.0 Å². The number of piperidine rings is 1. The molecule has 9 heteroatoms. The van der Waals surface area contributed by atoms with Crippen LogP contribution in [0, 0.1) is 6.92 Å². The average molecular weight is 481 g/mol. The number of hydrogen-bond acceptors (Lipinski definition) is 7. The highest BCUT2D eigenvalue weighted by atomic mass is 32.1. The van der Waals surface area contributed by atoms with Crippen LogP contribution in [0.1, 0.15) is 53.7 Å². The molecule has 0 saturated carbocycles. The minimum absolute atomic E-state index is 0.107. The molecule has 0 unspecified atom stereocenters. The van der Waals surface area contributed by atoms with Gasteiger partial charge in [0.15, 0.2) is 6.10 Å². The number of carbonyl (C=O) groups excluding carboxylic acids is 2. The van der Waals surface area contributed by atoms with Gasteiger partial charge in [-0.25, -0.2) is 9.78 Å². The van der Waals surface area contributed by atoms with Gasteiger partial charge in [-0.05, 0) is 69.4 Å². The lowest BCUT2D eigenvalue weighted by atomic mass is 10.1. The van der Waals surface area contributed by atoms with Crippen LogP contribution in [0.2, 0.25) is 0 Å². The van der Waals surface area contributed by atoms with Gasteiger partial charge in [0, 0.05) is 37.4 Å². The number of hydrogen-bond donors (Lipinski definition) is 1. The predicted octanol–water partition coefficient (Wildman–Crippen LogP) is 3.89. The third-order valence-corrected chi connectivity index (χ3v) is 7.77. The van der Waals surface area contributed by atoms with Crippen molar-refractivity contribution in [2.75, 3.05) is 23.3 Å². The van der Waals surface area contributed by atoms with E-state index in [0.717, 1.165) is 48.8 Å². The number of rotatable bonds is 5.